The van der Waals surface area contributed by atoms with Crippen LogP contribution in [0.25, 0.3) is 11.0 Å². The summed E-state index contributed by atoms with van der Waals surface area (Å²) in [7, 11) is 0. The van der Waals surface area contributed by atoms with Crippen LogP contribution in [0.2, 0.25) is 0 Å². The molecule has 3 rings (SSSR count). The zero-order valence-corrected chi connectivity index (χ0v) is 16.2. The number of nitrogens with zero attached hydrogens (tertiary/aromatic N) is 2. The molecule has 25 heavy (non-hydrogen) atoms. The Morgan fingerprint density at radius 2 is 1.96 bits per heavy atom. The van der Waals surface area contributed by atoms with Crippen LogP contribution >= 0.6 is 0 Å². The van der Waals surface area contributed by atoms with Crippen LogP contribution in [0, 0.1) is 0 Å². The molecular weight excluding hydrogens is 308 g/mol. The van der Waals surface area contributed by atoms with E-state index in [4.69, 9.17) is 0 Å². The molecule has 1 aromatic heterocycles. The van der Waals surface area contributed by atoms with Crippen LogP contribution in [0.5, 0.6) is 0 Å². The summed E-state index contributed by atoms with van der Waals surface area (Å²) >= 11 is 0. The normalized spacial score (nSPS) is 16.3. The second-order valence-electron chi connectivity index (χ2n) is 8.22. The van der Waals surface area contributed by atoms with E-state index in [1.807, 2.05) is 9.13 Å². The van der Waals surface area contributed by atoms with Gasteiger partial charge in [0, 0.05) is 13.1 Å². The van der Waals surface area contributed by atoms with E-state index in [1.54, 1.807) is 0 Å². The molecule has 1 aliphatic heterocycles. The Balaban J connectivity index is 1.94. The highest BCUT2D eigenvalue weighted by molar-refractivity contribution is 5.81. The number of hydrogen-bond acceptors (Lipinski definition) is 1. The Kier molecular flexibility index (Phi) is 4.77. The molecule has 0 saturated heterocycles. The lowest BCUT2D eigenvalue weighted by Gasteiger charge is -2.30. The highest BCUT2D eigenvalue weighted by atomic mass is 16.1. The van der Waals surface area contributed by atoms with Crippen LogP contribution in [-0.2, 0) is 18.5 Å². The van der Waals surface area contributed by atoms with E-state index in [-0.39, 0.29) is 11.1 Å². The number of para-hydroxylation sites is 1. The summed E-state index contributed by atoms with van der Waals surface area (Å²) in [6.45, 7) is 12.5. The number of hydrogen-bond donors (Lipinski definition) is 0. The summed E-state index contributed by atoms with van der Waals surface area (Å²) in [5, 5.41) is 0. The van der Waals surface area contributed by atoms with Crippen molar-refractivity contribution in [1.82, 2.24) is 9.13 Å². The van der Waals surface area contributed by atoms with E-state index in [0.29, 0.717) is 6.54 Å². The van der Waals surface area contributed by atoms with Gasteiger partial charge in [-0.05, 0) is 57.1 Å². The summed E-state index contributed by atoms with van der Waals surface area (Å²) in [4.78, 5) is 12.9. The number of aromatic nitrogens is 2. The van der Waals surface area contributed by atoms with E-state index >= 15 is 0 Å². The molecule has 0 aliphatic carbocycles. The number of imidazole rings is 1. The van der Waals surface area contributed by atoms with Crippen LogP contribution in [0.4, 0.5) is 0 Å². The molecule has 134 valence electrons. The van der Waals surface area contributed by atoms with Gasteiger partial charge < -0.3 is 0 Å². The van der Waals surface area contributed by atoms with Gasteiger partial charge in [0.1, 0.15) is 0 Å². The molecule has 0 bridgehead atoms. The number of benzene rings is 1. The Morgan fingerprint density at radius 3 is 2.68 bits per heavy atom. The average molecular weight is 338 g/mol. The molecule has 3 heteroatoms. The van der Waals surface area contributed by atoms with Crippen molar-refractivity contribution >= 4 is 11.0 Å². The molecule has 0 N–H and O–H groups in total. The fraction of sp³-hybridized carbons (Fsp3) is 0.500. The molecule has 0 spiro atoms. The third-order valence-electron chi connectivity index (χ3n) is 5.44. The zero-order valence-electron chi connectivity index (χ0n) is 16.2. The van der Waals surface area contributed by atoms with E-state index < -0.39 is 0 Å². The van der Waals surface area contributed by atoms with Gasteiger partial charge in [-0.2, -0.15) is 0 Å². The quantitative estimate of drug-likeness (QED) is 0.690. The minimum absolute atomic E-state index is 0.131. The van der Waals surface area contributed by atoms with Crippen molar-refractivity contribution in [3.63, 3.8) is 0 Å². The van der Waals surface area contributed by atoms with Gasteiger partial charge >= 0.3 is 5.69 Å². The lowest BCUT2D eigenvalue weighted by Crippen LogP contribution is -2.31. The second-order valence-corrected chi connectivity index (χ2v) is 8.22. The largest absolute Gasteiger partial charge is 0.329 e. The molecule has 1 aromatic carbocycles. The molecule has 1 aliphatic rings. The monoisotopic (exact) mass is 338 g/mol. The van der Waals surface area contributed by atoms with Crippen LogP contribution in [0.3, 0.4) is 0 Å². The lowest BCUT2D eigenvalue weighted by atomic mass is 9.79. The molecule has 0 fully saturated rings. The number of aryl methyl sites for hydroxylation is 1. The predicted octanol–water partition coefficient (Wildman–Crippen LogP) is 5.18. The predicted molar refractivity (Wildman–Crippen MR) is 106 cm³/mol. The first-order chi connectivity index (χ1) is 11.8. The third-order valence-corrected chi connectivity index (χ3v) is 5.44. The van der Waals surface area contributed by atoms with Gasteiger partial charge in [-0.15, -0.1) is 0 Å². The Hall–Kier alpha value is -2.03. The minimum Gasteiger partial charge on any atom is -0.292 e. The summed E-state index contributed by atoms with van der Waals surface area (Å²) in [6.07, 6.45) is 7.61. The summed E-state index contributed by atoms with van der Waals surface area (Å²) in [5.41, 5.74) is 6.48. The molecule has 0 amide bonds. The highest BCUT2D eigenvalue weighted by Gasteiger charge is 2.30. The summed E-state index contributed by atoms with van der Waals surface area (Å²) < 4.78 is 3.91. The molecule has 0 unspecified atom stereocenters. The van der Waals surface area contributed by atoms with E-state index in [1.165, 1.54) is 16.7 Å². The lowest BCUT2D eigenvalue weighted by molar-refractivity contribution is 0.416. The average Bonchev–Trinajstić information content (AvgIpc) is 2.81. The van der Waals surface area contributed by atoms with Crippen LogP contribution in [0.15, 0.2) is 46.3 Å². The molecule has 0 radical (unpaired) electrons. The molecule has 2 heterocycles. The second kappa shape index (κ2) is 6.70. The summed E-state index contributed by atoms with van der Waals surface area (Å²) in [5.74, 6) is 0. The topological polar surface area (TPSA) is 26.9 Å². The maximum absolute atomic E-state index is 12.9. The smallest absolute Gasteiger partial charge is 0.292 e. The Labute approximate surface area is 150 Å². The molecule has 0 saturated carbocycles. The zero-order chi connectivity index (χ0) is 18.2. The van der Waals surface area contributed by atoms with Gasteiger partial charge in [-0.3, -0.25) is 9.13 Å². The maximum Gasteiger partial charge on any atom is 0.329 e. The van der Waals surface area contributed by atoms with Gasteiger partial charge in [-0.25, -0.2) is 4.79 Å². The van der Waals surface area contributed by atoms with E-state index in [0.717, 1.165) is 36.8 Å². The summed E-state index contributed by atoms with van der Waals surface area (Å²) in [6, 6.07) is 6.36. The Morgan fingerprint density at radius 1 is 1.20 bits per heavy atom. The van der Waals surface area contributed by atoms with Crippen molar-refractivity contribution in [2.45, 2.75) is 72.4 Å². The molecule has 3 nitrogen and oxygen atoms in total. The van der Waals surface area contributed by atoms with Crippen molar-refractivity contribution in [2.75, 3.05) is 0 Å². The van der Waals surface area contributed by atoms with Crippen molar-refractivity contribution in [2.24, 2.45) is 0 Å². The van der Waals surface area contributed by atoms with Gasteiger partial charge in [-0.1, -0.05) is 49.3 Å². The first-order valence-electron chi connectivity index (χ1n) is 9.33. The van der Waals surface area contributed by atoms with Gasteiger partial charge in [0.15, 0.2) is 0 Å². The van der Waals surface area contributed by atoms with Gasteiger partial charge in [0.05, 0.1) is 11.0 Å². The third kappa shape index (κ3) is 3.37. The highest BCUT2D eigenvalue weighted by Crippen LogP contribution is 2.36. The first kappa shape index (κ1) is 17.8. The van der Waals surface area contributed by atoms with Gasteiger partial charge in [0.2, 0.25) is 0 Å². The van der Waals surface area contributed by atoms with Crippen LogP contribution in [-0.4, -0.2) is 9.13 Å². The minimum atomic E-state index is 0.131. The molecule has 2 aromatic rings. The van der Waals surface area contributed by atoms with E-state index in [2.05, 4.69) is 65.0 Å². The fourth-order valence-corrected chi connectivity index (χ4v) is 3.77. The van der Waals surface area contributed by atoms with Crippen molar-refractivity contribution in [3.8, 4) is 0 Å². The van der Waals surface area contributed by atoms with Crippen LogP contribution < -0.4 is 5.69 Å². The SMILES string of the molecule is CC(C)=CCCC(C)=CCn1c(=O)n2c3c(cccc31)C(C)(C)CC2. The van der Waals surface area contributed by atoms with Crippen LogP contribution in [0.1, 0.15) is 59.4 Å². The molecule has 0 atom stereocenters. The van der Waals surface area contributed by atoms with E-state index in [9.17, 15) is 4.79 Å². The number of allylic oxidation sites excluding steroid dienone is 4. The first-order valence-corrected chi connectivity index (χ1v) is 9.33. The maximum atomic E-state index is 12.9. The van der Waals surface area contributed by atoms with Crippen molar-refractivity contribution in [3.05, 3.63) is 57.5 Å². The Bertz CT molecular complexity index is 902. The standard InChI is InChI=1S/C22H30N2O/c1-16(2)8-6-9-17(3)12-14-23-19-11-7-10-18-20(19)24(21(23)25)15-13-22(18,4)5/h7-8,10-12H,6,9,13-15H2,1-5H3. The van der Waals surface area contributed by atoms with Crippen molar-refractivity contribution in [1.29, 1.82) is 0 Å². The number of rotatable bonds is 5. The fourth-order valence-electron chi connectivity index (χ4n) is 3.77. The molecular formula is C22H30N2O. The van der Waals surface area contributed by atoms with Gasteiger partial charge in [0.25, 0.3) is 0 Å². The van der Waals surface area contributed by atoms with Crippen molar-refractivity contribution < 1.29 is 0 Å².